The van der Waals surface area contributed by atoms with Gasteiger partial charge in [-0.05, 0) is 50.1 Å². The van der Waals surface area contributed by atoms with Gasteiger partial charge in [0.05, 0.1) is 3.39 Å². The van der Waals surface area contributed by atoms with Crippen molar-refractivity contribution in [3.8, 4) is 0 Å². The van der Waals surface area contributed by atoms with Crippen molar-refractivity contribution >= 4 is 53.9 Å². The molecule has 64 valence electrons. The van der Waals surface area contributed by atoms with Gasteiger partial charge < -0.3 is 0 Å². The van der Waals surface area contributed by atoms with Gasteiger partial charge in [-0.1, -0.05) is 22.0 Å². The number of halogens is 4. The van der Waals surface area contributed by atoms with Gasteiger partial charge in [0.2, 0.25) is 0 Å². The standard InChI is InChI=1S/C8H4Br3F/c9-6-2-1-3-7(12)5(6)4-8(10)11/h1-4H. The first kappa shape index (κ1) is 10.4. The Kier molecular flexibility index (Phi) is 3.93. The highest BCUT2D eigenvalue weighted by atomic mass is 79.9. The molecule has 0 saturated carbocycles. The van der Waals surface area contributed by atoms with Crippen molar-refractivity contribution in [2.45, 2.75) is 0 Å². The Balaban J connectivity index is 3.22. The average molecular weight is 359 g/mol. The zero-order chi connectivity index (χ0) is 9.14. The number of benzene rings is 1. The van der Waals surface area contributed by atoms with Crippen molar-refractivity contribution in [1.29, 1.82) is 0 Å². The maximum atomic E-state index is 13.1. The summed E-state index contributed by atoms with van der Waals surface area (Å²) in [6.07, 6.45) is 1.65. The number of hydrogen-bond acceptors (Lipinski definition) is 0. The fraction of sp³-hybridized carbons (Fsp3) is 0. The molecule has 0 aliphatic rings. The van der Waals surface area contributed by atoms with Gasteiger partial charge in [-0.25, -0.2) is 4.39 Å². The Labute approximate surface area is 95.2 Å². The normalized spacial score (nSPS) is 9.67. The van der Waals surface area contributed by atoms with Crippen LogP contribution < -0.4 is 0 Å². The SMILES string of the molecule is Fc1cccc(Br)c1C=C(Br)Br. The molecule has 0 atom stereocenters. The van der Waals surface area contributed by atoms with Crippen LogP contribution in [0.2, 0.25) is 0 Å². The lowest BCUT2D eigenvalue weighted by atomic mass is 10.2. The maximum Gasteiger partial charge on any atom is 0.131 e. The summed E-state index contributed by atoms with van der Waals surface area (Å²) in [5.41, 5.74) is 0.529. The van der Waals surface area contributed by atoms with Gasteiger partial charge in [0, 0.05) is 10.0 Å². The van der Waals surface area contributed by atoms with E-state index < -0.39 is 0 Å². The first-order valence-electron chi connectivity index (χ1n) is 3.08. The van der Waals surface area contributed by atoms with Crippen LogP contribution in [0, 0.1) is 5.82 Å². The van der Waals surface area contributed by atoms with E-state index in [-0.39, 0.29) is 5.82 Å². The zero-order valence-electron chi connectivity index (χ0n) is 5.82. The van der Waals surface area contributed by atoms with Crippen molar-refractivity contribution < 1.29 is 4.39 Å². The summed E-state index contributed by atoms with van der Waals surface area (Å²) in [6.45, 7) is 0. The molecule has 0 N–H and O–H groups in total. The topological polar surface area (TPSA) is 0 Å². The molecular formula is C8H4Br3F. The van der Waals surface area contributed by atoms with Crippen LogP contribution in [-0.4, -0.2) is 0 Å². The Bertz CT molecular complexity index is 296. The third kappa shape index (κ3) is 2.68. The molecule has 0 aliphatic carbocycles. The van der Waals surface area contributed by atoms with E-state index >= 15 is 0 Å². The summed E-state index contributed by atoms with van der Waals surface area (Å²) in [6, 6.07) is 4.86. The molecule has 0 bridgehead atoms. The second-order valence-electron chi connectivity index (χ2n) is 2.07. The van der Waals surface area contributed by atoms with E-state index in [1.165, 1.54) is 6.07 Å². The van der Waals surface area contributed by atoms with Crippen molar-refractivity contribution in [2.24, 2.45) is 0 Å². The molecule has 0 spiro atoms. The fourth-order valence-corrected chi connectivity index (χ4v) is 1.67. The Morgan fingerprint density at radius 2 is 2.00 bits per heavy atom. The molecule has 1 aromatic carbocycles. The first-order valence-corrected chi connectivity index (χ1v) is 5.46. The summed E-state index contributed by atoms with van der Waals surface area (Å²) >= 11 is 9.59. The molecule has 1 aromatic rings. The molecule has 0 aliphatic heterocycles. The van der Waals surface area contributed by atoms with E-state index in [4.69, 9.17) is 0 Å². The minimum absolute atomic E-state index is 0.249. The van der Waals surface area contributed by atoms with Gasteiger partial charge in [0.25, 0.3) is 0 Å². The summed E-state index contributed by atoms with van der Waals surface area (Å²) in [5, 5.41) is 0. The largest absolute Gasteiger partial charge is 0.206 e. The van der Waals surface area contributed by atoms with Crippen LogP contribution in [-0.2, 0) is 0 Å². The molecular weight excluding hydrogens is 355 g/mol. The van der Waals surface area contributed by atoms with E-state index in [1.807, 2.05) is 0 Å². The Morgan fingerprint density at radius 3 is 2.50 bits per heavy atom. The van der Waals surface area contributed by atoms with E-state index in [0.29, 0.717) is 8.96 Å². The highest BCUT2D eigenvalue weighted by Gasteiger charge is 2.02. The summed E-state index contributed by atoms with van der Waals surface area (Å²) < 4.78 is 14.5. The highest BCUT2D eigenvalue weighted by molar-refractivity contribution is 9.28. The van der Waals surface area contributed by atoms with Crippen molar-refractivity contribution in [3.63, 3.8) is 0 Å². The highest BCUT2D eigenvalue weighted by Crippen LogP contribution is 2.25. The van der Waals surface area contributed by atoms with Gasteiger partial charge in [-0.15, -0.1) is 0 Å². The van der Waals surface area contributed by atoms with E-state index in [1.54, 1.807) is 18.2 Å². The van der Waals surface area contributed by atoms with Gasteiger partial charge in [0.15, 0.2) is 0 Å². The van der Waals surface area contributed by atoms with Crippen LogP contribution in [0.1, 0.15) is 5.56 Å². The third-order valence-corrected chi connectivity index (χ3v) is 2.40. The van der Waals surface area contributed by atoms with Crippen molar-refractivity contribution in [1.82, 2.24) is 0 Å². The average Bonchev–Trinajstić information content (AvgIpc) is 1.97. The minimum Gasteiger partial charge on any atom is -0.206 e. The quantitative estimate of drug-likeness (QED) is 0.684. The van der Waals surface area contributed by atoms with E-state index in [0.717, 1.165) is 4.47 Å². The predicted molar refractivity (Wildman–Crippen MR) is 59.9 cm³/mol. The lowest BCUT2D eigenvalue weighted by Crippen LogP contribution is -1.82. The Hall–Kier alpha value is 0.330. The molecule has 0 amide bonds. The second-order valence-corrected chi connectivity index (χ2v) is 5.70. The molecule has 0 unspecified atom stereocenters. The van der Waals surface area contributed by atoms with Crippen LogP contribution in [0.5, 0.6) is 0 Å². The second kappa shape index (κ2) is 4.53. The van der Waals surface area contributed by atoms with E-state index in [9.17, 15) is 4.39 Å². The van der Waals surface area contributed by atoms with Gasteiger partial charge in [0.1, 0.15) is 5.82 Å². The zero-order valence-corrected chi connectivity index (χ0v) is 10.6. The smallest absolute Gasteiger partial charge is 0.131 e. The van der Waals surface area contributed by atoms with Crippen LogP contribution in [0.15, 0.2) is 26.1 Å². The number of rotatable bonds is 1. The molecule has 0 nitrogen and oxygen atoms in total. The number of hydrogen-bond donors (Lipinski definition) is 0. The van der Waals surface area contributed by atoms with Crippen LogP contribution in [0.4, 0.5) is 4.39 Å². The lowest BCUT2D eigenvalue weighted by Gasteiger charge is -1.99. The molecule has 0 heterocycles. The van der Waals surface area contributed by atoms with Crippen LogP contribution >= 0.6 is 47.8 Å². The first-order chi connectivity index (χ1) is 5.61. The van der Waals surface area contributed by atoms with Gasteiger partial charge in [-0.3, -0.25) is 0 Å². The van der Waals surface area contributed by atoms with Crippen LogP contribution in [0.25, 0.3) is 6.08 Å². The molecule has 12 heavy (non-hydrogen) atoms. The van der Waals surface area contributed by atoms with Gasteiger partial charge in [-0.2, -0.15) is 0 Å². The van der Waals surface area contributed by atoms with Crippen molar-refractivity contribution in [2.75, 3.05) is 0 Å². The molecule has 1 rings (SSSR count). The fourth-order valence-electron chi connectivity index (χ4n) is 0.758. The molecule has 0 aromatic heterocycles. The summed E-state index contributed by atoms with van der Waals surface area (Å²) in [4.78, 5) is 0. The monoisotopic (exact) mass is 356 g/mol. The summed E-state index contributed by atoms with van der Waals surface area (Å²) in [5.74, 6) is -0.249. The molecule has 0 radical (unpaired) electrons. The molecule has 4 heteroatoms. The molecule has 0 fully saturated rings. The van der Waals surface area contributed by atoms with Crippen molar-refractivity contribution in [3.05, 3.63) is 37.4 Å². The maximum absolute atomic E-state index is 13.1. The minimum atomic E-state index is -0.249. The van der Waals surface area contributed by atoms with Gasteiger partial charge >= 0.3 is 0 Å². The predicted octanol–water partition coefficient (Wildman–Crippen LogP) is 4.68. The van der Waals surface area contributed by atoms with E-state index in [2.05, 4.69) is 47.8 Å². The lowest BCUT2D eigenvalue weighted by molar-refractivity contribution is 0.624. The Morgan fingerprint density at radius 1 is 1.33 bits per heavy atom. The van der Waals surface area contributed by atoms with Crippen LogP contribution in [0.3, 0.4) is 0 Å². The third-order valence-electron chi connectivity index (χ3n) is 1.25. The molecule has 0 saturated heterocycles. The summed E-state index contributed by atoms with van der Waals surface area (Å²) in [7, 11) is 0.